The van der Waals surface area contributed by atoms with Crippen LogP contribution in [0.5, 0.6) is 0 Å². The number of hydrogen-bond donors (Lipinski definition) is 3. The summed E-state index contributed by atoms with van der Waals surface area (Å²) in [6.45, 7) is 8.28. The van der Waals surface area contributed by atoms with Crippen molar-refractivity contribution in [3.8, 4) is 0 Å². The Kier molecular flexibility index (Phi) is 5.52. The lowest BCUT2D eigenvalue weighted by Gasteiger charge is -2.32. The highest BCUT2D eigenvalue weighted by atomic mass is 32.2. The fraction of sp³-hybridized carbons (Fsp3) is 0.364. The lowest BCUT2D eigenvalue weighted by atomic mass is 10.1. The highest BCUT2D eigenvalue weighted by molar-refractivity contribution is 8.00. The topological polar surface area (TPSA) is 65.9 Å². The molecule has 0 unspecified atom stereocenters. The van der Waals surface area contributed by atoms with E-state index in [0.29, 0.717) is 11.3 Å². The van der Waals surface area contributed by atoms with Gasteiger partial charge >= 0.3 is 0 Å². The maximum atomic E-state index is 12.8. The molecule has 6 nitrogen and oxygen atoms in total. The molecule has 4 rings (SSSR count). The molecular weight excluding hydrogens is 384 g/mol. The molecule has 0 bridgehead atoms. The van der Waals surface area contributed by atoms with Crippen molar-refractivity contribution >= 4 is 40.6 Å². The van der Waals surface area contributed by atoms with Crippen molar-refractivity contribution in [2.24, 2.45) is 0 Å². The first-order valence-corrected chi connectivity index (χ1v) is 10.9. The van der Waals surface area contributed by atoms with Crippen LogP contribution in [-0.2, 0) is 4.79 Å². The number of benzene rings is 2. The molecule has 152 valence electrons. The monoisotopic (exact) mass is 411 g/mol. The number of rotatable bonds is 3. The largest absolute Gasteiger partial charge is 0.360 e. The van der Waals surface area contributed by atoms with Crippen molar-refractivity contribution < 1.29 is 14.5 Å². The maximum Gasteiger partial charge on any atom is 0.255 e. The Morgan fingerprint density at radius 1 is 1.21 bits per heavy atom. The zero-order chi connectivity index (χ0) is 20.5. The number of aryl methyl sites for hydroxylation is 1. The second-order valence-electron chi connectivity index (χ2n) is 7.86. The van der Waals surface area contributed by atoms with Crippen molar-refractivity contribution in [3.63, 3.8) is 0 Å². The Labute approximate surface area is 175 Å². The minimum Gasteiger partial charge on any atom is -0.360 e. The number of thioether (sulfide) groups is 1. The van der Waals surface area contributed by atoms with E-state index < -0.39 is 0 Å². The third-order valence-corrected chi connectivity index (χ3v) is 6.79. The molecule has 1 fully saturated rings. The Balaban J connectivity index is 1.47. The number of hydrogen-bond acceptors (Lipinski definition) is 4. The Bertz CT molecular complexity index is 954. The minimum absolute atomic E-state index is 0.0306. The van der Waals surface area contributed by atoms with Crippen LogP contribution in [0.1, 0.15) is 22.8 Å². The van der Waals surface area contributed by atoms with Crippen LogP contribution in [0, 0.1) is 6.92 Å². The zero-order valence-corrected chi connectivity index (χ0v) is 17.9. The smallest absolute Gasteiger partial charge is 0.255 e. The zero-order valence-electron chi connectivity index (χ0n) is 17.0. The minimum atomic E-state index is -0.176. The van der Waals surface area contributed by atoms with Gasteiger partial charge in [0.15, 0.2) is 0 Å². The molecule has 1 saturated heterocycles. The summed E-state index contributed by atoms with van der Waals surface area (Å²) in [5.74, 6) is -0.207. The first-order chi connectivity index (χ1) is 13.9. The molecule has 2 aliphatic rings. The number of carbonyl (C=O) groups is 2. The van der Waals surface area contributed by atoms with Gasteiger partial charge in [0.2, 0.25) is 5.91 Å². The number of piperazine rings is 1. The van der Waals surface area contributed by atoms with Crippen LogP contribution in [0.3, 0.4) is 0 Å². The van der Waals surface area contributed by atoms with Gasteiger partial charge in [-0.2, -0.15) is 0 Å². The third-order valence-electron chi connectivity index (χ3n) is 5.61. The Morgan fingerprint density at radius 2 is 1.97 bits per heavy atom. The van der Waals surface area contributed by atoms with Crippen molar-refractivity contribution in [1.29, 1.82) is 0 Å². The fourth-order valence-electron chi connectivity index (χ4n) is 3.68. The highest BCUT2D eigenvalue weighted by Crippen LogP contribution is 2.36. The van der Waals surface area contributed by atoms with E-state index in [1.54, 1.807) is 11.0 Å². The van der Waals surface area contributed by atoms with Crippen LogP contribution in [0.25, 0.3) is 0 Å². The van der Waals surface area contributed by atoms with Crippen LogP contribution in [0.4, 0.5) is 17.1 Å². The second-order valence-corrected chi connectivity index (χ2v) is 9.24. The SMILES string of the molecule is Cc1cc(N2CC[NH+](C)CC2)ccc1NC(=O)c1ccc2c(c1)NC(=O)[C@@H](C)S2. The van der Waals surface area contributed by atoms with Gasteiger partial charge in [0, 0.05) is 21.8 Å². The molecule has 2 amide bonds. The number of anilines is 3. The van der Waals surface area contributed by atoms with Crippen LogP contribution in [0.15, 0.2) is 41.3 Å². The van der Waals surface area contributed by atoms with Crippen LogP contribution in [0.2, 0.25) is 0 Å². The van der Waals surface area contributed by atoms with Crippen LogP contribution < -0.4 is 20.4 Å². The maximum absolute atomic E-state index is 12.8. The van der Waals surface area contributed by atoms with E-state index in [1.807, 2.05) is 32.0 Å². The van der Waals surface area contributed by atoms with Gasteiger partial charge in [-0.1, -0.05) is 0 Å². The van der Waals surface area contributed by atoms with E-state index in [0.717, 1.165) is 42.3 Å². The molecule has 0 aliphatic carbocycles. The van der Waals surface area contributed by atoms with Gasteiger partial charge in [0.1, 0.15) is 0 Å². The average Bonchev–Trinajstić information content (AvgIpc) is 2.70. The molecule has 3 N–H and O–H groups in total. The molecule has 7 heteroatoms. The van der Waals surface area contributed by atoms with Gasteiger partial charge in [-0.15, -0.1) is 11.8 Å². The fourth-order valence-corrected chi connectivity index (χ4v) is 4.61. The summed E-state index contributed by atoms with van der Waals surface area (Å²) >= 11 is 1.51. The Morgan fingerprint density at radius 3 is 2.69 bits per heavy atom. The van der Waals surface area contributed by atoms with E-state index in [-0.39, 0.29) is 17.1 Å². The highest BCUT2D eigenvalue weighted by Gasteiger charge is 2.24. The summed E-state index contributed by atoms with van der Waals surface area (Å²) < 4.78 is 0. The number of likely N-dealkylation sites (N-methyl/N-ethyl adjacent to an activating group) is 1. The second kappa shape index (κ2) is 8.08. The van der Waals surface area contributed by atoms with Gasteiger partial charge in [-0.3, -0.25) is 9.59 Å². The third kappa shape index (κ3) is 4.26. The van der Waals surface area contributed by atoms with E-state index >= 15 is 0 Å². The summed E-state index contributed by atoms with van der Waals surface area (Å²) in [4.78, 5) is 29.6. The van der Waals surface area contributed by atoms with Crippen LogP contribution in [-0.4, -0.2) is 50.3 Å². The molecule has 0 saturated carbocycles. The standard InChI is InChI=1S/C22H26N4O2S/c1-14-12-17(26-10-8-25(3)9-11-26)5-6-18(14)23-22(28)16-4-7-20-19(13-16)24-21(27)15(2)29-20/h4-7,12-13,15H,8-11H2,1-3H3,(H,23,28)(H,24,27)/p+1/t15-/m1/s1. The number of carbonyl (C=O) groups excluding carboxylic acids is 2. The number of quaternary nitrogens is 1. The molecule has 2 aliphatic heterocycles. The van der Waals surface area contributed by atoms with Gasteiger partial charge in [0.05, 0.1) is 44.2 Å². The molecule has 29 heavy (non-hydrogen) atoms. The molecule has 2 heterocycles. The molecule has 0 aromatic heterocycles. The molecule has 2 aromatic rings. The van der Waals surface area contributed by atoms with Gasteiger partial charge in [-0.05, 0) is 55.8 Å². The van der Waals surface area contributed by atoms with Crippen LogP contribution >= 0.6 is 11.8 Å². The van der Waals surface area contributed by atoms with E-state index in [2.05, 4.69) is 34.7 Å². The van der Waals surface area contributed by atoms with Gasteiger partial charge in [-0.25, -0.2) is 0 Å². The molecule has 0 spiro atoms. The first-order valence-electron chi connectivity index (χ1n) is 10.0. The number of nitrogens with one attached hydrogen (secondary N) is 3. The number of amides is 2. The average molecular weight is 412 g/mol. The summed E-state index contributed by atoms with van der Waals surface area (Å²) in [5.41, 5.74) is 4.29. The molecule has 1 atom stereocenters. The summed E-state index contributed by atoms with van der Waals surface area (Å²) in [6.07, 6.45) is 0. The van der Waals surface area contributed by atoms with Crippen molar-refractivity contribution in [2.45, 2.75) is 24.0 Å². The van der Waals surface area contributed by atoms with Crippen molar-refractivity contribution in [1.82, 2.24) is 0 Å². The van der Waals surface area contributed by atoms with Crippen molar-refractivity contribution in [2.75, 3.05) is 48.8 Å². The molecular formula is C22H27N4O2S+. The number of nitrogens with zero attached hydrogens (tertiary/aromatic N) is 1. The lowest BCUT2D eigenvalue weighted by Crippen LogP contribution is -3.12. The Hall–Kier alpha value is -2.51. The predicted octanol–water partition coefficient (Wildman–Crippen LogP) is 2.01. The summed E-state index contributed by atoms with van der Waals surface area (Å²) in [7, 11) is 2.23. The summed E-state index contributed by atoms with van der Waals surface area (Å²) in [6, 6.07) is 11.6. The predicted molar refractivity (Wildman–Crippen MR) is 118 cm³/mol. The first kappa shape index (κ1) is 19.8. The van der Waals surface area contributed by atoms with Crippen molar-refractivity contribution in [3.05, 3.63) is 47.5 Å². The van der Waals surface area contributed by atoms with E-state index in [4.69, 9.17) is 0 Å². The van der Waals surface area contributed by atoms with Gasteiger partial charge < -0.3 is 20.4 Å². The number of fused-ring (bicyclic) bond motifs is 1. The van der Waals surface area contributed by atoms with E-state index in [9.17, 15) is 9.59 Å². The lowest BCUT2D eigenvalue weighted by molar-refractivity contribution is -0.880. The normalized spacial score (nSPS) is 19.5. The van der Waals surface area contributed by atoms with Gasteiger partial charge in [0.25, 0.3) is 5.91 Å². The molecule has 2 aromatic carbocycles. The quantitative estimate of drug-likeness (QED) is 0.723. The molecule has 0 radical (unpaired) electrons. The summed E-state index contributed by atoms with van der Waals surface area (Å²) in [5, 5.41) is 5.77. The van der Waals surface area contributed by atoms with E-state index in [1.165, 1.54) is 17.4 Å².